The minimum Gasteiger partial charge on any atom is -0.388 e. The summed E-state index contributed by atoms with van der Waals surface area (Å²) in [5.41, 5.74) is 4.14. The maximum atomic E-state index is 14.6. The zero-order valence-corrected chi connectivity index (χ0v) is 21.2. The van der Waals surface area contributed by atoms with Crippen LogP contribution < -0.4 is 0 Å². The first kappa shape index (κ1) is 25.0. The lowest BCUT2D eigenvalue weighted by Crippen LogP contribution is -2.56. The predicted octanol–water partition coefficient (Wildman–Crippen LogP) is 6.01. The molecule has 2 aliphatic rings. The average Bonchev–Trinajstić information content (AvgIpc) is 3.31. The van der Waals surface area contributed by atoms with Crippen LogP contribution in [0.1, 0.15) is 46.4 Å². The zero-order chi connectivity index (χ0) is 26.0. The fourth-order valence-electron chi connectivity index (χ4n) is 6.22. The van der Waals surface area contributed by atoms with Crippen LogP contribution >= 0.6 is 0 Å². The molecule has 1 saturated heterocycles. The van der Waals surface area contributed by atoms with Gasteiger partial charge in [0.05, 0.1) is 37.1 Å². The second-order valence-electron chi connectivity index (χ2n) is 10.1. The van der Waals surface area contributed by atoms with Gasteiger partial charge >= 0.3 is 0 Å². The topological polar surface area (TPSA) is 41.9 Å². The third-order valence-corrected chi connectivity index (χ3v) is 7.88. The van der Waals surface area contributed by atoms with Crippen LogP contribution in [-0.2, 0) is 15.0 Å². The molecule has 4 aromatic carbocycles. The molecular weight excluding hydrogens is 477 g/mol. The van der Waals surface area contributed by atoms with E-state index in [9.17, 15) is 9.50 Å². The van der Waals surface area contributed by atoms with E-state index in [0.717, 1.165) is 6.54 Å². The fraction of sp³-hybridized carbons (Fsp3) is 0.273. The number of hydrogen-bond donors (Lipinski definition) is 1. The monoisotopic (exact) mass is 509 g/mol. The number of nitrogens with zero attached hydrogens (tertiary/aromatic N) is 1. The van der Waals surface area contributed by atoms with Crippen molar-refractivity contribution in [2.75, 3.05) is 26.3 Å². The summed E-state index contributed by atoms with van der Waals surface area (Å²) in [6.45, 7) is 2.25. The number of aliphatic hydroxyl groups is 1. The number of hydrogen-bond acceptors (Lipinski definition) is 4. The van der Waals surface area contributed by atoms with Crippen molar-refractivity contribution in [2.45, 2.75) is 30.3 Å². The third kappa shape index (κ3) is 4.46. The Bertz CT molecular complexity index is 1250. The molecule has 0 saturated carbocycles. The lowest BCUT2D eigenvalue weighted by molar-refractivity contribution is -0.102. The van der Waals surface area contributed by atoms with E-state index in [-0.39, 0.29) is 11.9 Å². The van der Waals surface area contributed by atoms with Gasteiger partial charge in [-0.15, -0.1) is 0 Å². The number of halogens is 1. The van der Waals surface area contributed by atoms with Crippen molar-refractivity contribution in [2.24, 2.45) is 0 Å². The first-order valence-electron chi connectivity index (χ1n) is 13.3. The molecule has 5 heteroatoms. The minimum absolute atomic E-state index is 0.202. The third-order valence-electron chi connectivity index (χ3n) is 7.88. The highest BCUT2D eigenvalue weighted by Gasteiger charge is 2.44. The van der Waals surface area contributed by atoms with Crippen LogP contribution in [0.3, 0.4) is 0 Å². The molecule has 4 nitrogen and oxygen atoms in total. The Labute approximate surface area is 223 Å². The predicted molar refractivity (Wildman–Crippen MR) is 145 cm³/mol. The smallest absolute Gasteiger partial charge is 0.129 e. The van der Waals surface area contributed by atoms with Crippen LogP contribution in [-0.4, -0.2) is 42.4 Å². The van der Waals surface area contributed by atoms with Crippen molar-refractivity contribution < 1.29 is 19.0 Å². The largest absolute Gasteiger partial charge is 0.388 e. The molecule has 194 valence electrons. The highest BCUT2D eigenvalue weighted by Crippen LogP contribution is 2.44. The molecule has 1 aliphatic heterocycles. The lowest BCUT2D eigenvalue weighted by Gasteiger charge is -2.48. The van der Waals surface area contributed by atoms with Gasteiger partial charge in [-0.3, -0.25) is 4.90 Å². The SMILES string of the molecule is OC1CC(OCC2CN(C(c3ccccc3)(c3ccccc3)c3ccccc3)CCO2)c2c(F)cccc21. The molecular formula is C33H32FNO3. The highest BCUT2D eigenvalue weighted by molar-refractivity contribution is 5.49. The van der Waals surface area contributed by atoms with Gasteiger partial charge in [0.25, 0.3) is 0 Å². The van der Waals surface area contributed by atoms with E-state index in [4.69, 9.17) is 9.47 Å². The molecule has 38 heavy (non-hydrogen) atoms. The summed E-state index contributed by atoms with van der Waals surface area (Å²) in [6.07, 6.45) is -1.04. The number of morpholine rings is 1. The maximum absolute atomic E-state index is 14.6. The molecule has 0 amide bonds. The molecule has 0 bridgehead atoms. The standard InChI is InChI=1S/C33H32FNO3/c34-29-18-10-17-28-30(36)21-31(32(28)29)38-23-27-22-35(19-20-37-27)33(24-11-4-1-5-12-24,25-13-6-2-7-14-25)26-15-8-3-9-16-26/h1-18,27,30-31,36H,19-23H2. The van der Waals surface area contributed by atoms with E-state index in [0.29, 0.717) is 37.3 Å². The van der Waals surface area contributed by atoms with Crippen LogP contribution in [0.5, 0.6) is 0 Å². The van der Waals surface area contributed by atoms with Gasteiger partial charge in [-0.25, -0.2) is 4.39 Å². The number of ether oxygens (including phenoxy) is 2. The second-order valence-corrected chi connectivity index (χ2v) is 10.1. The lowest BCUT2D eigenvalue weighted by atomic mass is 9.75. The molecule has 3 atom stereocenters. The molecule has 4 aromatic rings. The van der Waals surface area contributed by atoms with Crippen molar-refractivity contribution in [3.63, 3.8) is 0 Å². The van der Waals surface area contributed by atoms with Crippen molar-refractivity contribution in [1.82, 2.24) is 4.90 Å². The number of aliphatic hydroxyl groups excluding tert-OH is 1. The summed E-state index contributed by atoms with van der Waals surface area (Å²) in [5, 5.41) is 10.5. The summed E-state index contributed by atoms with van der Waals surface area (Å²) in [6, 6.07) is 36.7. The Morgan fingerprint density at radius 2 is 1.39 bits per heavy atom. The number of rotatable bonds is 7. The van der Waals surface area contributed by atoms with Crippen LogP contribution in [0.15, 0.2) is 109 Å². The fourth-order valence-corrected chi connectivity index (χ4v) is 6.22. The highest BCUT2D eigenvalue weighted by atomic mass is 19.1. The van der Waals surface area contributed by atoms with Crippen molar-refractivity contribution in [3.8, 4) is 0 Å². The normalized spacial score (nSPS) is 21.8. The van der Waals surface area contributed by atoms with E-state index in [1.807, 2.05) is 18.2 Å². The molecule has 0 radical (unpaired) electrons. The van der Waals surface area contributed by atoms with Crippen LogP contribution in [0.2, 0.25) is 0 Å². The van der Waals surface area contributed by atoms with Crippen molar-refractivity contribution >= 4 is 0 Å². The molecule has 1 fully saturated rings. The Balaban J connectivity index is 1.33. The number of benzene rings is 4. The molecule has 1 N–H and O–H groups in total. The minimum atomic E-state index is -0.712. The van der Waals surface area contributed by atoms with Crippen LogP contribution in [0.25, 0.3) is 0 Å². The van der Waals surface area contributed by atoms with Gasteiger partial charge in [0.1, 0.15) is 5.82 Å². The summed E-state index contributed by atoms with van der Waals surface area (Å²) < 4.78 is 27.1. The van der Waals surface area contributed by atoms with Gasteiger partial charge in [0, 0.05) is 25.1 Å². The molecule has 1 aliphatic carbocycles. The van der Waals surface area contributed by atoms with Gasteiger partial charge in [0.15, 0.2) is 0 Å². The Morgan fingerprint density at radius 1 is 0.816 bits per heavy atom. The van der Waals surface area contributed by atoms with E-state index in [2.05, 4.69) is 77.7 Å². The van der Waals surface area contributed by atoms with Gasteiger partial charge in [-0.2, -0.15) is 0 Å². The molecule has 0 spiro atoms. The zero-order valence-electron chi connectivity index (χ0n) is 21.2. The molecule has 3 unspecified atom stereocenters. The quantitative estimate of drug-likeness (QED) is 0.310. The van der Waals surface area contributed by atoms with E-state index < -0.39 is 17.7 Å². The Morgan fingerprint density at radius 3 is 1.97 bits per heavy atom. The Kier molecular flexibility index (Phi) is 7.09. The number of fused-ring (bicyclic) bond motifs is 1. The first-order valence-corrected chi connectivity index (χ1v) is 13.3. The summed E-state index contributed by atoms with van der Waals surface area (Å²) in [4.78, 5) is 2.49. The summed E-state index contributed by atoms with van der Waals surface area (Å²) >= 11 is 0. The van der Waals surface area contributed by atoms with Gasteiger partial charge in [-0.05, 0) is 28.3 Å². The Hall–Kier alpha value is -3.35. The average molecular weight is 510 g/mol. The van der Waals surface area contributed by atoms with Crippen molar-refractivity contribution in [1.29, 1.82) is 0 Å². The molecule has 6 rings (SSSR count). The van der Waals surface area contributed by atoms with Gasteiger partial charge < -0.3 is 14.6 Å². The van der Waals surface area contributed by atoms with Crippen LogP contribution in [0.4, 0.5) is 4.39 Å². The first-order chi connectivity index (χ1) is 18.7. The van der Waals surface area contributed by atoms with Crippen molar-refractivity contribution in [3.05, 3.63) is 143 Å². The maximum Gasteiger partial charge on any atom is 0.129 e. The van der Waals surface area contributed by atoms with E-state index in [1.54, 1.807) is 12.1 Å². The van der Waals surface area contributed by atoms with E-state index in [1.165, 1.54) is 22.8 Å². The summed E-state index contributed by atoms with van der Waals surface area (Å²) in [7, 11) is 0. The van der Waals surface area contributed by atoms with Gasteiger partial charge in [0.2, 0.25) is 0 Å². The molecule has 1 heterocycles. The van der Waals surface area contributed by atoms with Gasteiger partial charge in [-0.1, -0.05) is 103 Å². The van der Waals surface area contributed by atoms with E-state index >= 15 is 0 Å². The summed E-state index contributed by atoms with van der Waals surface area (Å²) in [5.74, 6) is -0.327. The molecule has 0 aromatic heterocycles. The second kappa shape index (κ2) is 10.8. The van der Waals surface area contributed by atoms with Crippen LogP contribution in [0, 0.1) is 5.82 Å².